The number of nitrogens with one attached hydrogen (secondary N) is 1. The van der Waals surface area contributed by atoms with E-state index >= 15 is 0 Å². The van der Waals surface area contributed by atoms with Gasteiger partial charge in [-0.15, -0.1) is 10.2 Å². The van der Waals surface area contributed by atoms with Crippen LogP contribution in [-0.2, 0) is 13.0 Å². The molecule has 0 fully saturated rings. The largest absolute Gasteiger partial charge is 0.361 e. The zero-order valence-corrected chi connectivity index (χ0v) is 12.2. The minimum absolute atomic E-state index is 0.106. The highest BCUT2D eigenvalue weighted by Crippen LogP contribution is 2.13. The molecule has 1 aliphatic heterocycles. The molecule has 0 saturated heterocycles. The van der Waals surface area contributed by atoms with Gasteiger partial charge in [-0.05, 0) is 18.6 Å². The van der Waals surface area contributed by atoms with Gasteiger partial charge in [0.15, 0.2) is 11.5 Å². The molecule has 7 nitrogen and oxygen atoms in total. The smallest absolute Gasteiger partial charge is 0.272 e. The number of carbonyl (C=O) groups is 1. The number of rotatable bonds is 3. The number of anilines is 1. The van der Waals surface area contributed by atoms with Crippen LogP contribution in [0.3, 0.4) is 0 Å². The van der Waals surface area contributed by atoms with E-state index in [2.05, 4.69) is 25.1 Å². The second kappa shape index (κ2) is 5.51. The van der Waals surface area contributed by atoms with Crippen molar-refractivity contribution in [3.05, 3.63) is 36.0 Å². The Morgan fingerprint density at radius 3 is 2.95 bits per heavy atom. The molecule has 21 heavy (non-hydrogen) atoms. The van der Waals surface area contributed by atoms with Crippen LogP contribution in [0.25, 0.3) is 0 Å². The van der Waals surface area contributed by atoms with Gasteiger partial charge >= 0.3 is 0 Å². The summed E-state index contributed by atoms with van der Waals surface area (Å²) in [7, 11) is 3.77. The highest BCUT2D eigenvalue weighted by molar-refractivity contribution is 5.92. The van der Waals surface area contributed by atoms with Gasteiger partial charge in [-0.3, -0.25) is 4.79 Å². The van der Waals surface area contributed by atoms with E-state index in [1.54, 1.807) is 18.3 Å². The van der Waals surface area contributed by atoms with Gasteiger partial charge in [-0.2, -0.15) is 0 Å². The average Bonchev–Trinajstić information content (AvgIpc) is 2.95. The van der Waals surface area contributed by atoms with Crippen molar-refractivity contribution in [2.24, 2.45) is 0 Å². The molecule has 2 aromatic heterocycles. The number of imidazole rings is 1. The number of hydrogen-bond donors (Lipinski definition) is 1. The molecule has 0 aliphatic carbocycles. The first-order valence-electron chi connectivity index (χ1n) is 6.95. The summed E-state index contributed by atoms with van der Waals surface area (Å²) in [6.07, 6.45) is 5.51. The summed E-state index contributed by atoms with van der Waals surface area (Å²) in [6, 6.07) is 3.59. The first kappa shape index (κ1) is 13.5. The van der Waals surface area contributed by atoms with Crippen LogP contribution in [0, 0.1) is 0 Å². The Morgan fingerprint density at radius 2 is 2.24 bits per heavy atom. The third-order valence-corrected chi connectivity index (χ3v) is 3.61. The third kappa shape index (κ3) is 2.86. The number of aryl methyl sites for hydroxylation is 1. The monoisotopic (exact) mass is 286 g/mol. The van der Waals surface area contributed by atoms with Crippen LogP contribution < -0.4 is 10.2 Å². The molecule has 1 N–H and O–H groups in total. The topological polar surface area (TPSA) is 75.9 Å². The van der Waals surface area contributed by atoms with Crippen molar-refractivity contribution in [2.75, 3.05) is 19.0 Å². The summed E-state index contributed by atoms with van der Waals surface area (Å²) in [4.78, 5) is 18.3. The summed E-state index contributed by atoms with van der Waals surface area (Å²) in [6.45, 7) is 0.754. The zero-order chi connectivity index (χ0) is 14.8. The van der Waals surface area contributed by atoms with Gasteiger partial charge in [0.1, 0.15) is 5.82 Å². The molecule has 3 heterocycles. The average molecular weight is 286 g/mol. The van der Waals surface area contributed by atoms with Crippen LogP contribution in [0.5, 0.6) is 0 Å². The van der Waals surface area contributed by atoms with E-state index in [1.165, 1.54) is 0 Å². The predicted octanol–water partition coefficient (Wildman–Crippen LogP) is 0.484. The standard InChI is InChI=1S/C14H18N6O/c1-19(2)13-6-4-11(17-18-13)14(21)16-10-3-5-12-15-7-8-20(12)9-10/h4,6-8,10H,3,5,9H2,1-2H3,(H,16,21)/t10-/m1/s1. The molecule has 0 aromatic carbocycles. The van der Waals surface area contributed by atoms with Gasteiger partial charge in [0, 0.05) is 45.5 Å². The maximum atomic E-state index is 12.2. The van der Waals surface area contributed by atoms with Gasteiger partial charge in [0.05, 0.1) is 0 Å². The fourth-order valence-corrected chi connectivity index (χ4v) is 2.43. The van der Waals surface area contributed by atoms with E-state index in [9.17, 15) is 4.79 Å². The van der Waals surface area contributed by atoms with E-state index in [0.717, 1.165) is 31.0 Å². The number of hydrogen-bond acceptors (Lipinski definition) is 5. The maximum Gasteiger partial charge on any atom is 0.272 e. The van der Waals surface area contributed by atoms with E-state index < -0.39 is 0 Å². The predicted molar refractivity (Wildman–Crippen MR) is 78.2 cm³/mol. The number of nitrogens with zero attached hydrogens (tertiary/aromatic N) is 5. The Morgan fingerprint density at radius 1 is 1.38 bits per heavy atom. The van der Waals surface area contributed by atoms with Gasteiger partial charge in [0.2, 0.25) is 0 Å². The van der Waals surface area contributed by atoms with Crippen molar-refractivity contribution >= 4 is 11.7 Å². The van der Waals surface area contributed by atoms with Crippen LogP contribution in [0.4, 0.5) is 5.82 Å². The van der Waals surface area contributed by atoms with E-state index in [4.69, 9.17) is 0 Å². The molecule has 1 aliphatic rings. The van der Waals surface area contributed by atoms with Crippen molar-refractivity contribution in [3.8, 4) is 0 Å². The number of aromatic nitrogens is 4. The Labute approximate surface area is 123 Å². The Bertz CT molecular complexity index is 633. The quantitative estimate of drug-likeness (QED) is 0.888. The van der Waals surface area contributed by atoms with Crippen LogP contribution in [0.1, 0.15) is 22.7 Å². The molecular weight excluding hydrogens is 268 g/mol. The second-order valence-electron chi connectivity index (χ2n) is 5.38. The molecule has 0 saturated carbocycles. The molecular formula is C14H18N6O. The Balaban J connectivity index is 1.64. The van der Waals surface area contributed by atoms with Crippen LogP contribution in [0.15, 0.2) is 24.5 Å². The summed E-state index contributed by atoms with van der Waals surface area (Å²) in [5.41, 5.74) is 0.344. The van der Waals surface area contributed by atoms with Crippen LogP contribution in [0.2, 0.25) is 0 Å². The van der Waals surface area contributed by atoms with Crippen LogP contribution >= 0.6 is 0 Å². The molecule has 1 atom stereocenters. The minimum Gasteiger partial charge on any atom is -0.361 e. The lowest BCUT2D eigenvalue weighted by molar-refractivity contribution is 0.0921. The van der Waals surface area contributed by atoms with Gasteiger partial charge < -0.3 is 14.8 Å². The summed E-state index contributed by atoms with van der Waals surface area (Å²) in [5.74, 6) is 1.63. The lowest BCUT2D eigenvalue weighted by atomic mass is 10.1. The third-order valence-electron chi connectivity index (χ3n) is 3.61. The Hall–Kier alpha value is -2.44. The highest BCUT2D eigenvalue weighted by atomic mass is 16.2. The zero-order valence-electron chi connectivity index (χ0n) is 12.2. The molecule has 110 valence electrons. The SMILES string of the molecule is CN(C)c1ccc(C(=O)N[C@@H]2CCc3nccn3C2)nn1. The number of carbonyl (C=O) groups excluding carboxylic acids is 1. The molecule has 2 aromatic rings. The highest BCUT2D eigenvalue weighted by Gasteiger charge is 2.21. The first-order chi connectivity index (χ1) is 10.1. The van der Waals surface area contributed by atoms with Crippen LogP contribution in [-0.4, -0.2) is 45.8 Å². The van der Waals surface area contributed by atoms with Crippen molar-refractivity contribution in [1.82, 2.24) is 25.1 Å². The first-order valence-corrected chi connectivity index (χ1v) is 6.95. The van der Waals surface area contributed by atoms with E-state index in [1.807, 2.05) is 25.2 Å². The second-order valence-corrected chi connectivity index (χ2v) is 5.38. The van der Waals surface area contributed by atoms with Crippen molar-refractivity contribution in [1.29, 1.82) is 0 Å². The summed E-state index contributed by atoms with van der Waals surface area (Å²) >= 11 is 0. The lowest BCUT2D eigenvalue weighted by Crippen LogP contribution is -2.41. The molecule has 0 unspecified atom stereocenters. The van der Waals surface area contributed by atoms with Gasteiger partial charge in [-0.1, -0.05) is 0 Å². The Kier molecular flexibility index (Phi) is 3.55. The molecule has 3 rings (SSSR count). The number of fused-ring (bicyclic) bond motifs is 1. The fraction of sp³-hybridized carbons (Fsp3) is 0.429. The molecule has 0 radical (unpaired) electrons. The minimum atomic E-state index is -0.179. The van der Waals surface area contributed by atoms with Gasteiger partial charge in [-0.25, -0.2) is 4.98 Å². The summed E-state index contributed by atoms with van der Waals surface area (Å²) in [5, 5.41) is 11.0. The normalized spacial score (nSPS) is 17.1. The fourth-order valence-electron chi connectivity index (χ4n) is 2.43. The maximum absolute atomic E-state index is 12.2. The summed E-state index contributed by atoms with van der Waals surface area (Å²) < 4.78 is 2.08. The lowest BCUT2D eigenvalue weighted by Gasteiger charge is -2.24. The molecule has 0 bridgehead atoms. The molecule has 1 amide bonds. The van der Waals surface area contributed by atoms with E-state index in [0.29, 0.717) is 5.69 Å². The molecule has 0 spiro atoms. The van der Waals surface area contributed by atoms with Crippen molar-refractivity contribution < 1.29 is 4.79 Å². The van der Waals surface area contributed by atoms with Crippen molar-refractivity contribution in [3.63, 3.8) is 0 Å². The van der Waals surface area contributed by atoms with Crippen molar-refractivity contribution in [2.45, 2.75) is 25.4 Å². The molecule has 7 heteroatoms. The number of amides is 1. The van der Waals surface area contributed by atoms with Gasteiger partial charge in [0.25, 0.3) is 5.91 Å². The van der Waals surface area contributed by atoms with E-state index in [-0.39, 0.29) is 11.9 Å².